The number of unbranched alkanes of at least 4 members (excludes halogenated alkanes) is 1. The van der Waals surface area contributed by atoms with Crippen LogP contribution in [0.3, 0.4) is 0 Å². The number of phenolic OH excluding ortho intramolecular Hbond substituents is 1. The van der Waals surface area contributed by atoms with E-state index >= 15 is 0 Å². The lowest BCUT2D eigenvalue weighted by Gasteiger charge is -2.53. The number of piperidine rings is 1. The molecule has 0 atom stereocenters. The van der Waals surface area contributed by atoms with Gasteiger partial charge in [0.2, 0.25) is 0 Å². The molecule has 1 N–H and O–H groups in total. The molecule has 0 spiro atoms. The van der Waals surface area contributed by atoms with E-state index in [1.165, 1.54) is 0 Å². The Balaban J connectivity index is 1.97. The number of carbonyl (C=O) groups excluding carboxylic acids is 1. The Morgan fingerprint density at radius 2 is 1.83 bits per heavy atom. The molecule has 0 amide bonds. The highest BCUT2D eigenvalue weighted by molar-refractivity contribution is 5.70. The van der Waals surface area contributed by atoms with Crippen molar-refractivity contribution in [1.82, 2.24) is 4.90 Å². The summed E-state index contributed by atoms with van der Waals surface area (Å²) >= 11 is 0. The maximum atomic E-state index is 12.5. The first-order valence-electron chi connectivity index (χ1n) is 10.8. The van der Waals surface area contributed by atoms with Crippen LogP contribution < -0.4 is 4.74 Å². The number of nitrogens with zero attached hydrogens (tertiary/aromatic N) is 1. The highest BCUT2D eigenvalue weighted by Crippen LogP contribution is 2.38. The van der Waals surface area contributed by atoms with E-state index in [1.54, 1.807) is 0 Å². The highest BCUT2D eigenvalue weighted by atomic mass is 16.5. The number of hydrogen-bond acceptors (Lipinski definition) is 5. The summed E-state index contributed by atoms with van der Waals surface area (Å²) < 4.78 is 11.6. The predicted octanol–water partition coefficient (Wildman–Crippen LogP) is 5.01. The molecule has 0 saturated carbocycles. The van der Waals surface area contributed by atoms with E-state index < -0.39 is 0 Å². The smallest absolute Gasteiger partial charge is 0.306 e. The number of aryl methyl sites for hydroxylation is 2. The number of aromatic hydroxyl groups is 1. The standard InChI is InChI=1S/C24H39NO4/c1-8-9-12-28-19-13-17(2)22(27)18(14-19)10-11-21(26)29-20-15-23(3,4)25(7)24(5,6)16-20/h13-14,20,27H,8-12,15-16H2,1-7H3. The van der Waals surface area contributed by atoms with Crippen molar-refractivity contribution in [2.24, 2.45) is 0 Å². The molecule has 1 fully saturated rings. The lowest BCUT2D eigenvalue weighted by molar-refractivity contribution is -0.158. The Hall–Kier alpha value is -1.75. The molecule has 0 radical (unpaired) electrons. The molecule has 5 heteroatoms. The zero-order valence-electron chi connectivity index (χ0n) is 19.3. The average molecular weight is 406 g/mol. The first-order valence-corrected chi connectivity index (χ1v) is 10.8. The van der Waals surface area contributed by atoms with Crippen molar-refractivity contribution >= 4 is 5.97 Å². The fraction of sp³-hybridized carbons (Fsp3) is 0.708. The normalized spacial score (nSPS) is 19.1. The summed E-state index contributed by atoms with van der Waals surface area (Å²) in [5.74, 6) is 0.777. The SMILES string of the molecule is CCCCOc1cc(C)c(O)c(CCC(=O)OC2CC(C)(C)N(C)C(C)(C)C2)c1. The monoisotopic (exact) mass is 405 g/mol. The minimum absolute atomic E-state index is 0.0216. The number of benzene rings is 1. The van der Waals surface area contributed by atoms with Gasteiger partial charge in [-0.3, -0.25) is 9.69 Å². The number of ether oxygens (including phenoxy) is 2. The number of esters is 1. The Kier molecular flexibility index (Phi) is 7.61. The van der Waals surface area contributed by atoms with Gasteiger partial charge in [-0.2, -0.15) is 0 Å². The second-order valence-electron chi connectivity index (χ2n) is 9.65. The minimum Gasteiger partial charge on any atom is -0.507 e. The number of rotatable bonds is 8. The zero-order chi connectivity index (χ0) is 21.8. The van der Waals surface area contributed by atoms with Crippen LogP contribution in [0.4, 0.5) is 0 Å². The second kappa shape index (κ2) is 9.38. The fourth-order valence-electron chi connectivity index (χ4n) is 4.27. The van der Waals surface area contributed by atoms with Gasteiger partial charge in [-0.15, -0.1) is 0 Å². The van der Waals surface area contributed by atoms with Gasteiger partial charge in [0.05, 0.1) is 6.61 Å². The summed E-state index contributed by atoms with van der Waals surface area (Å²) in [6.45, 7) is 13.4. The highest BCUT2D eigenvalue weighted by Gasteiger charge is 2.44. The van der Waals surface area contributed by atoms with Crippen molar-refractivity contribution < 1.29 is 19.4 Å². The van der Waals surface area contributed by atoms with E-state index in [9.17, 15) is 9.90 Å². The van der Waals surface area contributed by atoms with Crippen molar-refractivity contribution in [2.75, 3.05) is 13.7 Å². The Morgan fingerprint density at radius 1 is 1.21 bits per heavy atom. The molecule has 5 nitrogen and oxygen atoms in total. The van der Waals surface area contributed by atoms with Crippen molar-refractivity contribution in [3.8, 4) is 11.5 Å². The molecule has 29 heavy (non-hydrogen) atoms. The van der Waals surface area contributed by atoms with Crippen LogP contribution in [0.25, 0.3) is 0 Å². The van der Waals surface area contributed by atoms with E-state index in [4.69, 9.17) is 9.47 Å². The Bertz CT molecular complexity index is 693. The van der Waals surface area contributed by atoms with Gasteiger partial charge in [0, 0.05) is 30.3 Å². The molecule has 0 aliphatic carbocycles. The quantitative estimate of drug-likeness (QED) is 0.487. The van der Waals surface area contributed by atoms with Crippen LogP contribution in [0.15, 0.2) is 12.1 Å². The van der Waals surface area contributed by atoms with Gasteiger partial charge >= 0.3 is 5.97 Å². The lowest BCUT2D eigenvalue weighted by atomic mass is 9.79. The molecule has 1 aliphatic rings. The average Bonchev–Trinajstić information content (AvgIpc) is 2.61. The predicted molar refractivity (Wildman–Crippen MR) is 117 cm³/mol. The first kappa shape index (κ1) is 23.5. The lowest BCUT2D eigenvalue weighted by Crippen LogP contribution is -2.60. The summed E-state index contributed by atoms with van der Waals surface area (Å²) in [5, 5.41) is 10.4. The van der Waals surface area contributed by atoms with Crippen LogP contribution >= 0.6 is 0 Å². The van der Waals surface area contributed by atoms with E-state index in [0.717, 1.165) is 42.6 Å². The Labute approximate surface area is 176 Å². The van der Waals surface area contributed by atoms with Crippen LogP contribution in [0.1, 0.15) is 77.8 Å². The van der Waals surface area contributed by atoms with Crippen LogP contribution in [0.2, 0.25) is 0 Å². The molecule has 0 aromatic heterocycles. The third-order valence-corrected chi connectivity index (χ3v) is 6.29. The van der Waals surface area contributed by atoms with Crippen molar-refractivity contribution in [1.29, 1.82) is 0 Å². The van der Waals surface area contributed by atoms with Crippen LogP contribution in [-0.2, 0) is 16.0 Å². The molecule has 1 aromatic carbocycles. The molecule has 0 bridgehead atoms. The number of phenols is 1. The second-order valence-corrected chi connectivity index (χ2v) is 9.65. The van der Waals surface area contributed by atoms with Gasteiger partial charge in [-0.25, -0.2) is 0 Å². The molecule has 1 saturated heterocycles. The molecule has 1 aromatic rings. The van der Waals surface area contributed by atoms with Crippen LogP contribution in [0, 0.1) is 6.92 Å². The van der Waals surface area contributed by atoms with E-state index in [1.807, 2.05) is 19.1 Å². The molecule has 1 aliphatic heterocycles. The molecular weight excluding hydrogens is 366 g/mol. The summed E-state index contributed by atoms with van der Waals surface area (Å²) in [6, 6.07) is 3.68. The Morgan fingerprint density at radius 3 is 2.41 bits per heavy atom. The van der Waals surface area contributed by atoms with Crippen LogP contribution in [-0.4, -0.2) is 46.8 Å². The van der Waals surface area contributed by atoms with Gasteiger partial charge in [-0.1, -0.05) is 13.3 Å². The fourth-order valence-corrected chi connectivity index (χ4v) is 4.27. The third-order valence-electron chi connectivity index (χ3n) is 6.29. The van der Waals surface area contributed by atoms with Crippen molar-refractivity contribution in [3.05, 3.63) is 23.3 Å². The molecule has 164 valence electrons. The third kappa shape index (κ3) is 6.11. The van der Waals surface area contributed by atoms with Crippen molar-refractivity contribution in [2.45, 2.75) is 97.2 Å². The largest absolute Gasteiger partial charge is 0.507 e. The summed E-state index contributed by atoms with van der Waals surface area (Å²) in [4.78, 5) is 14.9. The van der Waals surface area contributed by atoms with Gasteiger partial charge < -0.3 is 14.6 Å². The van der Waals surface area contributed by atoms with Gasteiger partial charge in [0.1, 0.15) is 17.6 Å². The summed E-state index contributed by atoms with van der Waals surface area (Å²) in [6.07, 6.45) is 4.32. The summed E-state index contributed by atoms with van der Waals surface area (Å²) in [7, 11) is 2.14. The summed E-state index contributed by atoms with van der Waals surface area (Å²) in [5.41, 5.74) is 1.46. The molecular formula is C24H39NO4. The van der Waals surface area contributed by atoms with Gasteiger partial charge in [0.25, 0.3) is 0 Å². The van der Waals surface area contributed by atoms with Gasteiger partial charge in [0.15, 0.2) is 0 Å². The van der Waals surface area contributed by atoms with Crippen molar-refractivity contribution in [3.63, 3.8) is 0 Å². The topological polar surface area (TPSA) is 59.0 Å². The number of likely N-dealkylation sites (tertiary alicyclic amines) is 1. The minimum atomic E-state index is -0.208. The first-order chi connectivity index (χ1) is 13.5. The number of carbonyl (C=O) groups is 1. The van der Waals surface area contributed by atoms with E-state index in [2.05, 4.69) is 46.6 Å². The van der Waals surface area contributed by atoms with Crippen LogP contribution in [0.5, 0.6) is 11.5 Å². The van der Waals surface area contributed by atoms with E-state index in [0.29, 0.717) is 13.0 Å². The zero-order valence-corrected chi connectivity index (χ0v) is 19.3. The van der Waals surface area contributed by atoms with E-state index in [-0.39, 0.29) is 35.3 Å². The maximum absolute atomic E-state index is 12.5. The number of hydrogen-bond donors (Lipinski definition) is 1. The molecule has 1 heterocycles. The molecule has 0 unspecified atom stereocenters. The maximum Gasteiger partial charge on any atom is 0.306 e. The van der Waals surface area contributed by atoms with Gasteiger partial charge in [-0.05, 0) is 77.8 Å². The molecule has 2 rings (SSSR count).